The highest BCUT2D eigenvalue weighted by Crippen LogP contribution is 2.24. The number of carbonyl (C=O) groups excluding carboxylic acids is 2. The first-order chi connectivity index (χ1) is 7.40. The van der Waals surface area contributed by atoms with E-state index >= 15 is 0 Å². The molecular weight excluding hydrogens is 216 g/mol. The summed E-state index contributed by atoms with van der Waals surface area (Å²) in [7, 11) is 0. The Morgan fingerprint density at radius 3 is 2.31 bits per heavy atom. The van der Waals surface area contributed by atoms with Crippen LogP contribution in [0.1, 0.15) is 27.2 Å². The molecule has 1 heterocycles. The Labute approximate surface area is 93.5 Å². The molecule has 0 saturated carbocycles. The van der Waals surface area contributed by atoms with Crippen LogP contribution in [0.3, 0.4) is 0 Å². The maximum atomic E-state index is 10.9. The van der Waals surface area contributed by atoms with Crippen molar-refractivity contribution in [3.8, 4) is 0 Å². The molecule has 0 radical (unpaired) electrons. The van der Waals surface area contributed by atoms with Crippen LogP contribution in [0.2, 0.25) is 0 Å². The Morgan fingerprint density at radius 2 is 1.81 bits per heavy atom. The lowest BCUT2D eigenvalue weighted by atomic mass is 10.0. The second-order valence-corrected chi connectivity index (χ2v) is 3.79. The van der Waals surface area contributed by atoms with E-state index in [1.165, 1.54) is 13.8 Å². The molecule has 0 amide bonds. The summed E-state index contributed by atoms with van der Waals surface area (Å²) >= 11 is 0. The smallest absolute Gasteiger partial charge is 0.303 e. The van der Waals surface area contributed by atoms with Gasteiger partial charge in [-0.15, -0.1) is 0 Å². The van der Waals surface area contributed by atoms with Crippen LogP contribution in [0.5, 0.6) is 0 Å². The SMILES string of the molecule is CC(=O)OC1CC(C)OC(O)C1OC(C)=O. The third kappa shape index (κ3) is 3.46. The molecule has 92 valence electrons. The average molecular weight is 232 g/mol. The van der Waals surface area contributed by atoms with Gasteiger partial charge in [-0.1, -0.05) is 0 Å². The normalized spacial score (nSPS) is 34.2. The Hall–Kier alpha value is -1.14. The lowest BCUT2D eigenvalue weighted by Crippen LogP contribution is -2.51. The van der Waals surface area contributed by atoms with Crippen LogP contribution in [0, 0.1) is 0 Å². The van der Waals surface area contributed by atoms with Gasteiger partial charge >= 0.3 is 11.9 Å². The molecule has 1 aliphatic heterocycles. The molecule has 4 atom stereocenters. The maximum Gasteiger partial charge on any atom is 0.303 e. The summed E-state index contributed by atoms with van der Waals surface area (Å²) in [6, 6.07) is 0. The minimum Gasteiger partial charge on any atom is -0.458 e. The number of aliphatic hydroxyl groups excluding tert-OH is 1. The fraction of sp³-hybridized carbons (Fsp3) is 0.800. The van der Waals surface area contributed by atoms with Crippen molar-refractivity contribution in [3.05, 3.63) is 0 Å². The number of hydrogen-bond donors (Lipinski definition) is 1. The predicted octanol–water partition coefficient (Wildman–Crippen LogP) is -0.0230. The fourth-order valence-corrected chi connectivity index (χ4v) is 1.67. The van der Waals surface area contributed by atoms with Gasteiger partial charge in [0.05, 0.1) is 6.10 Å². The fourth-order valence-electron chi connectivity index (χ4n) is 1.67. The molecule has 1 fully saturated rings. The molecule has 1 N–H and O–H groups in total. The second kappa shape index (κ2) is 5.27. The zero-order valence-electron chi connectivity index (χ0n) is 9.50. The van der Waals surface area contributed by atoms with Gasteiger partial charge in [-0.25, -0.2) is 0 Å². The molecule has 0 spiro atoms. The molecule has 1 saturated heterocycles. The van der Waals surface area contributed by atoms with Crippen LogP contribution in [0.25, 0.3) is 0 Å². The topological polar surface area (TPSA) is 82.1 Å². The van der Waals surface area contributed by atoms with Gasteiger partial charge in [0.25, 0.3) is 0 Å². The van der Waals surface area contributed by atoms with Crippen LogP contribution in [-0.4, -0.2) is 41.6 Å². The van der Waals surface area contributed by atoms with Crippen molar-refractivity contribution in [3.63, 3.8) is 0 Å². The average Bonchev–Trinajstić information content (AvgIpc) is 2.09. The molecule has 1 rings (SSSR count). The van der Waals surface area contributed by atoms with E-state index in [1.54, 1.807) is 6.92 Å². The Balaban J connectivity index is 2.71. The number of rotatable bonds is 2. The van der Waals surface area contributed by atoms with Crippen molar-refractivity contribution in [2.45, 2.75) is 51.8 Å². The first-order valence-electron chi connectivity index (χ1n) is 5.08. The molecule has 0 aromatic rings. The molecule has 0 aromatic carbocycles. The molecule has 16 heavy (non-hydrogen) atoms. The highest BCUT2D eigenvalue weighted by atomic mass is 16.7. The first-order valence-corrected chi connectivity index (χ1v) is 5.08. The van der Waals surface area contributed by atoms with Crippen LogP contribution in [0.4, 0.5) is 0 Å². The molecular formula is C10H16O6. The Morgan fingerprint density at radius 1 is 1.25 bits per heavy atom. The van der Waals surface area contributed by atoms with Crippen molar-refractivity contribution in [2.75, 3.05) is 0 Å². The summed E-state index contributed by atoms with van der Waals surface area (Å²) in [4.78, 5) is 21.7. The second-order valence-electron chi connectivity index (χ2n) is 3.79. The van der Waals surface area contributed by atoms with Gasteiger partial charge in [-0.05, 0) is 6.92 Å². The van der Waals surface area contributed by atoms with E-state index in [0.29, 0.717) is 6.42 Å². The van der Waals surface area contributed by atoms with Crippen molar-refractivity contribution in [1.29, 1.82) is 0 Å². The number of hydrogen-bond acceptors (Lipinski definition) is 6. The lowest BCUT2D eigenvalue weighted by molar-refractivity contribution is -0.255. The van der Waals surface area contributed by atoms with E-state index in [2.05, 4.69) is 0 Å². The van der Waals surface area contributed by atoms with E-state index in [1.807, 2.05) is 0 Å². The third-order valence-corrected chi connectivity index (χ3v) is 2.20. The van der Waals surface area contributed by atoms with Gasteiger partial charge in [-0.3, -0.25) is 9.59 Å². The van der Waals surface area contributed by atoms with Gasteiger partial charge < -0.3 is 19.3 Å². The molecule has 6 nitrogen and oxygen atoms in total. The minimum absolute atomic E-state index is 0.258. The lowest BCUT2D eigenvalue weighted by Gasteiger charge is -2.36. The largest absolute Gasteiger partial charge is 0.458 e. The van der Waals surface area contributed by atoms with E-state index < -0.39 is 30.4 Å². The molecule has 0 aromatic heterocycles. The highest BCUT2D eigenvalue weighted by Gasteiger charge is 2.40. The van der Waals surface area contributed by atoms with E-state index in [-0.39, 0.29) is 6.10 Å². The number of esters is 2. The maximum absolute atomic E-state index is 10.9. The molecule has 6 heteroatoms. The quantitative estimate of drug-likeness (QED) is 0.674. The number of ether oxygens (including phenoxy) is 3. The van der Waals surface area contributed by atoms with Gasteiger partial charge in [0, 0.05) is 20.3 Å². The van der Waals surface area contributed by atoms with Gasteiger partial charge in [-0.2, -0.15) is 0 Å². The van der Waals surface area contributed by atoms with E-state index in [4.69, 9.17) is 14.2 Å². The zero-order chi connectivity index (χ0) is 12.3. The monoisotopic (exact) mass is 232 g/mol. The minimum atomic E-state index is -1.27. The molecule has 0 bridgehead atoms. The zero-order valence-corrected chi connectivity index (χ0v) is 9.50. The summed E-state index contributed by atoms with van der Waals surface area (Å²) in [6.07, 6.45) is -2.77. The Kier molecular flexibility index (Phi) is 4.26. The van der Waals surface area contributed by atoms with E-state index in [9.17, 15) is 14.7 Å². The Bertz CT molecular complexity index is 276. The van der Waals surface area contributed by atoms with Crippen LogP contribution >= 0.6 is 0 Å². The van der Waals surface area contributed by atoms with Crippen molar-refractivity contribution in [2.24, 2.45) is 0 Å². The molecule has 0 aliphatic carbocycles. The van der Waals surface area contributed by atoms with Crippen LogP contribution in [-0.2, 0) is 23.8 Å². The standard InChI is InChI=1S/C10H16O6/c1-5-4-8(15-6(2)11)9(10(13)14-5)16-7(3)12/h5,8-10,13H,4H2,1-3H3. The third-order valence-electron chi connectivity index (χ3n) is 2.20. The van der Waals surface area contributed by atoms with Crippen molar-refractivity contribution >= 4 is 11.9 Å². The first kappa shape index (κ1) is 12.9. The van der Waals surface area contributed by atoms with E-state index in [0.717, 1.165) is 0 Å². The highest BCUT2D eigenvalue weighted by molar-refractivity contribution is 5.67. The van der Waals surface area contributed by atoms with Gasteiger partial charge in [0.2, 0.25) is 0 Å². The summed E-state index contributed by atoms with van der Waals surface area (Å²) in [5, 5.41) is 9.58. The van der Waals surface area contributed by atoms with Gasteiger partial charge in [0.1, 0.15) is 6.10 Å². The van der Waals surface area contributed by atoms with Crippen LogP contribution < -0.4 is 0 Å². The molecule has 4 unspecified atom stereocenters. The summed E-state index contributed by atoms with van der Waals surface area (Å²) in [6.45, 7) is 4.22. The summed E-state index contributed by atoms with van der Waals surface area (Å²) < 4.78 is 15.0. The number of carbonyl (C=O) groups is 2. The van der Waals surface area contributed by atoms with Crippen LogP contribution in [0.15, 0.2) is 0 Å². The summed E-state index contributed by atoms with van der Waals surface area (Å²) in [5.41, 5.74) is 0. The summed E-state index contributed by atoms with van der Waals surface area (Å²) in [5.74, 6) is -1.04. The van der Waals surface area contributed by atoms with Gasteiger partial charge in [0.15, 0.2) is 12.4 Å². The van der Waals surface area contributed by atoms with Crippen molar-refractivity contribution < 1.29 is 28.9 Å². The number of aliphatic hydroxyl groups is 1. The van der Waals surface area contributed by atoms with Crippen molar-refractivity contribution in [1.82, 2.24) is 0 Å². The molecule has 1 aliphatic rings. The predicted molar refractivity (Wildman–Crippen MR) is 52.3 cm³/mol.